The Hall–Kier alpha value is -4.28. The van der Waals surface area contributed by atoms with Gasteiger partial charge in [0.1, 0.15) is 12.4 Å². The number of unbranched alkanes of at least 4 members (excludes halogenated alkanes) is 5. The molecule has 228 valence electrons. The summed E-state index contributed by atoms with van der Waals surface area (Å²) >= 11 is 0. The van der Waals surface area contributed by atoms with Gasteiger partial charge in [-0.15, -0.1) is 0 Å². The predicted octanol–water partition coefficient (Wildman–Crippen LogP) is 4.35. The van der Waals surface area contributed by atoms with Crippen LogP contribution in [0.3, 0.4) is 0 Å². The van der Waals surface area contributed by atoms with Gasteiger partial charge in [-0.3, -0.25) is 21.5 Å². The highest BCUT2D eigenvalue weighted by molar-refractivity contribution is 5.95. The van der Waals surface area contributed by atoms with Crippen LogP contribution in [0.15, 0.2) is 42.5 Å². The number of hydrogen-bond acceptors (Lipinski definition) is 5. The first kappa shape index (κ1) is 32.2. The summed E-state index contributed by atoms with van der Waals surface area (Å²) in [5.41, 5.74) is 4.50. The minimum absolute atomic E-state index is 0.000438. The lowest BCUT2D eigenvalue weighted by Crippen LogP contribution is -2.47. The third-order valence-corrected chi connectivity index (χ3v) is 7.19. The molecule has 4 amide bonds. The van der Waals surface area contributed by atoms with Crippen molar-refractivity contribution in [2.45, 2.75) is 71.4 Å². The first-order valence-electron chi connectivity index (χ1n) is 14.8. The number of rotatable bonds is 9. The Morgan fingerprint density at radius 1 is 1.02 bits per heavy atom. The number of urea groups is 2. The molecule has 0 spiro atoms. The molecule has 0 aromatic heterocycles. The fraction of sp³-hybridized carbons (Fsp3) is 0.484. The zero-order valence-corrected chi connectivity index (χ0v) is 24.9. The molecule has 1 aliphatic heterocycles. The van der Waals surface area contributed by atoms with Crippen molar-refractivity contribution in [2.24, 2.45) is 0 Å². The fourth-order valence-corrected chi connectivity index (χ4v) is 4.84. The van der Waals surface area contributed by atoms with Gasteiger partial charge >= 0.3 is 12.1 Å². The summed E-state index contributed by atoms with van der Waals surface area (Å²) in [7, 11) is 1.51. The molecule has 0 fully saturated rings. The molecule has 11 heteroatoms. The van der Waals surface area contributed by atoms with Crippen LogP contribution in [-0.2, 0) is 19.6 Å². The van der Waals surface area contributed by atoms with E-state index in [1.807, 2.05) is 29.2 Å². The number of amides is 4. The van der Waals surface area contributed by atoms with Crippen LogP contribution >= 0.6 is 0 Å². The SMILES string of the molecule is CNC(=O)NC(=N)NCCCCCCCCN1CCCc2ccc(C)cc2COc2ccccc2CNC(=N)NC1=O. The normalized spacial score (nSPS) is 14.1. The Bertz CT molecular complexity index is 1200. The summed E-state index contributed by atoms with van der Waals surface area (Å²) in [6.45, 7) is 4.80. The third-order valence-electron chi connectivity index (χ3n) is 7.19. The number of aryl methyl sites for hydroxylation is 2. The molecule has 1 heterocycles. The first-order chi connectivity index (χ1) is 20.4. The number of fused-ring (bicyclic) bond motifs is 2. The lowest BCUT2D eigenvalue weighted by atomic mass is 10.0. The second-order valence-corrected chi connectivity index (χ2v) is 10.5. The van der Waals surface area contributed by atoms with Gasteiger partial charge in [-0.25, -0.2) is 9.59 Å². The number of ether oxygens (including phenoxy) is 1. The number of benzene rings is 2. The molecular formula is C31H46N8O3. The van der Waals surface area contributed by atoms with Crippen LogP contribution in [0.1, 0.15) is 67.2 Å². The minimum atomic E-state index is -0.409. The van der Waals surface area contributed by atoms with Crippen LogP contribution in [0.5, 0.6) is 5.75 Å². The number of nitrogens with one attached hydrogen (secondary N) is 7. The number of nitrogens with zero attached hydrogens (tertiary/aromatic N) is 1. The molecule has 11 nitrogen and oxygen atoms in total. The topological polar surface area (TPSA) is 154 Å². The monoisotopic (exact) mass is 578 g/mol. The summed E-state index contributed by atoms with van der Waals surface area (Å²) in [4.78, 5) is 26.2. The number of guanidine groups is 2. The Morgan fingerprint density at radius 3 is 2.60 bits per heavy atom. The van der Waals surface area contributed by atoms with E-state index in [4.69, 9.17) is 15.6 Å². The second kappa shape index (κ2) is 17.5. The van der Waals surface area contributed by atoms with Gasteiger partial charge < -0.3 is 25.6 Å². The zero-order chi connectivity index (χ0) is 30.2. The van der Waals surface area contributed by atoms with Crippen molar-refractivity contribution >= 4 is 24.0 Å². The Balaban J connectivity index is 1.50. The van der Waals surface area contributed by atoms with E-state index >= 15 is 0 Å². The maximum atomic E-state index is 13.1. The van der Waals surface area contributed by atoms with E-state index in [1.54, 1.807) is 0 Å². The van der Waals surface area contributed by atoms with E-state index in [-0.39, 0.29) is 18.0 Å². The molecule has 0 unspecified atom stereocenters. The lowest BCUT2D eigenvalue weighted by molar-refractivity contribution is 0.200. The second-order valence-electron chi connectivity index (χ2n) is 10.5. The molecule has 7 N–H and O–H groups in total. The van der Waals surface area contributed by atoms with Crippen LogP contribution in [0.2, 0.25) is 0 Å². The van der Waals surface area contributed by atoms with Crippen LogP contribution in [-0.4, -0.2) is 55.6 Å². The van der Waals surface area contributed by atoms with E-state index < -0.39 is 6.03 Å². The highest BCUT2D eigenvalue weighted by atomic mass is 16.5. The number of carbonyl (C=O) groups is 2. The molecule has 0 atom stereocenters. The van der Waals surface area contributed by atoms with Gasteiger partial charge in [0.2, 0.25) is 0 Å². The average molecular weight is 579 g/mol. The smallest absolute Gasteiger partial charge is 0.324 e. The molecule has 2 aromatic carbocycles. The maximum Gasteiger partial charge on any atom is 0.324 e. The van der Waals surface area contributed by atoms with E-state index in [9.17, 15) is 9.59 Å². The van der Waals surface area contributed by atoms with Crippen molar-refractivity contribution < 1.29 is 14.3 Å². The zero-order valence-electron chi connectivity index (χ0n) is 24.9. The summed E-state index contributed by atoms with van der Waals surface area (Å²) in [6, 6.07) is 13.6. The molecule has 0 saturated carbocycles. The summed E-state index contributed by atoms with van der Waals surface area (Å²) < 4.78 is 6.22. The summed E-state index contributed by atoms with van der Waals surface area (Å²) in [5, 5.41) is 29.4. The van der Waals surface area contributed by atoms with Gasteiger partial charge in [0.25, 0.3) is 0 Å². The van der Waals surface area contributed by atoms with Crippen molar-refractivity contribution in [3.63, 3.8) is 0 Å². The minimum Gasteiger partial charge on any atom is -0.489 e. The highest BCUT2D eigenvalue weighted by Crippen LogP contribution is 2.22. The number of hydrogen-bond donors (Lipinski definition) is 7. The van der Waals surface area contributed by atoms with E-state index in [2.05, 4.69) is 51.7 Å². The Morgan fingerprint density at radius 2 is 1.79 bits per heavy atom. The van der Waals surface area contributed by atoms with E-state index in [1.165, 1.54) is 18.2 Å². The van der Waals surface area contributed by atoms with Gasteiger partial charge in [0.15, 0.2) is 11.9 Å². The molecule has 0 aliphatic carbocycles. The molecule has 2 aromatic rings. The number of carbonyl (C=O) groups excluding carboxylic acids is 2. The average Bonchev–Trinajstić information content (AvgIpc) is 2.98. The van der Waals surface area contributed by atoms with E-state index in [0.717, 1.165) is 68.2 Å². The van der Waals surface area contributed by atoms with Crippen molar-refractivity contribution in [1.29, 1.82) is 10.8 Å². The van der Waals surface area contributed by atoms with Crippen molar-refractivity contribution in [3.8, 4) is 5.75 Å². The molecule has 0 saturated heterocycles. The van der Waals surface area contributed by atoms with Crippen LogP contribution in [0, 0.1) is 17.7 Å². The summed E-state index contributed by atoms with van der Waals surface area (Å²) in [6.07, 6.45) is 7.63. The first-order valence-corrected chi connectivity index (χ1v) is 14.8. The van der Waals surface area contributed by atoms with Crippen LogP contribution in [0.25, 0.3) is 0 Å². The Kier molecular flexibility index (Phi) is 13.4. The maximum absolute atomic E-state index is 13.1. The van der Waals surface area contributed by atoms with Crippen molar-refractivity contribution in [1.82, 2.24) is 31.5 Å². The molecule has 0 radical (unpaired) electrons. The largest absolute Gasteiger partial charge is 0.489 e. The summed E-state index contributed by atoms with van der Waals surface area (Å²) in [5.74, 6) is 0.739. The molecule has 42 heavy (non-hydrogen) atoms. The van der Waals surface area contributed by atoms with E-state index in [0.29, 0.717) is 32.8 Å². The van der Waals surface area contributed by atoms with Gasteiger partial charge in [-0.1, -0.05) is 67.6 Å². The lowest BCUT2D eigenvalue weighted by Gasteiger charge is -2.24. The standard InChI is InChI=1S/C31H46N8O3/c1-23-15-16-24-13-11-19-39(18-10-6-4-3-5-9-17-35-28(32)37-30(40)34-2)31(41)38-29(33)36-21-25-12-7-8-14-27(25)42-22-26(24)20-23/h7-8,12,14-16,20H,3-6,9-11,13,17-19,21-22H2,1-2H3,(H3,33,36,38,41)(H4,32,34,35,37,40). The predicted molar refractivity (Wildman–Crippen MR) is 166 cm³/mol. The molecule has 1 aliphatic rings. The van der Waals surface area contributed by atoms with Crippen LogP contribution < -0.4 is 31.3 Å². The molecular weight excluding hydrogens is 532 g/mol. The van der Waals surface area contributed by atoms with Crippen LogP contribution in [0.4, 0.5) is 9.59 Å². The fourth-order valence-electron chi connectivity index (χ4n) is 4.84. The van der Waals surface area contributed by atoms with Gasteiger partial charge in [-0.2, -0.15) is 0 Å². The van der Waals surface area contributed by atoms with Gasteiger partial charge in [-0.05, 0) is 49.8 Å². The van der Waals surface area contributed by atoms with Gasteiger partial charge in [0.05, 0.1) is 0 Å². The molecule has 3 rings (SSSR count). The quantitative estimate of drug-likeness (QED) is 0.134. The molecule has 0 bridgehead atoms. The van der Waals surface area contributed by atoms with Gasteiger partial charge in [0, 0.05) is 38.8 Å². The third kappa shape index (κ3) is 11.3. The van der Waals surface area contributed by atoms with Crippen molar-refractivity contribution in [2.75, 3.05) is 26.7 Å². The number of para-hydroxylation sites is 1. The van der Waals surface area contributed by atoms with Crippen molar-refractivity contribution in [3.05, 3.63) is 64.7 Å². The Labute approximate surface area is 249 Å². The highest BCUT2D eigenvalue weighted by Gasteiger charge is 2.16.